The standard InChI is InChI=1S/C53H57N5O10S/c1-53(2,69)52(61)56(14-15-65-18-19-66-17-16-62-3)37-21-33(31-67-48-27-42-40(25-46(48)63-4)50(59)57-38(29-54-42)23-35-10-6-8-12-44(35)57)20-34(22-37)32-68-49-28-43-41(26-47(49)64-5)51(60)58-39(30-55-43)24-36-11-7-9-13-45(36)58/h6-13,20-22,25-29,38-39,55,69H,14-19,23-24,30-32H2,1-5H3/t38-,39-/m0/s1. The maximum absolute atomic E-state index is 14.2. The summed E-state index contributed by atoms with van der Waals surface area (Å²) in [6.07, 6.45) is 3.25. The molecule has 69 heavy (non-hydrogen) atoms. The highest BCUT2D eigenvalue weighted by molar-refractivity contribution is 7.82. The van der Waals surface area contributed by atoms with Crippen LogP contribution in [0.5, 0.6) is 23.0 Å². The molecular formula is C53H57N5O10S. The lowest BCUT2D eigenvalue weighted by Gasteiger charge is -2.30. The van der Waals surface area contributed by atoms with E-state index in [1.54, 1.807) is 56.1 Å². The first kappa shape index (κ1) is 47.5. The number of para-hydroxylation sites is 2. The van der Waals surface area contributed by atoms with Gasteiger partial charge in [0, 0.05) is 62.0 Å². The third-order valence-electron chi connectivity index (χ3n) is 12.7. The van der Waals surface area contributed by atoms with E-state index >= 15 is 0 Å². The van der Waals surface area contributed by atoms with E-state index < -0.39 is 4.75 Å². The Kier molecular flexibility index (Phi) is 14.1. The predicted octanol–water partition coefficient (Wildman–Crippen LogP) is 7.87. The second-order valence-corrected chi connectivity index (χ2v) is 18.9. The average Bonchev–Trinajstić information content (AvgIpc) is 3.84. The smallest absolute Gasteiger partial charge is 0.261 e. The van der Waals surface area contributed by atoms with Crippen LogP contribution in [0.3, 0.4) is 0 Å². The first-order valence-corrected chi connectivity index (χ1v) is 23.5. The number of amides is 3. The maximum atomic E-state index is 14.2. The lowest BCUT2D eigenvalue weighted by atomic mass is 10.1. The van der Waals surface area contributed by atoms with E-state index in [1.807, 2.05) is 77.8 Å². The number of methoxy groups -OCH3 is 3. The van der Waals surface area contributed by atoms with E-state index in [4.69, 9.17) is 38.2 Å². The number of benzene rings is 5. The summed E-state index contributed by atoms with van der Waals surface area (Å²) >= 11 is 4.69. The molecule has 4 heterocycles. The fraction of sp³-hybridized carbons (Fsp3) is 0.358. The van der Waals surface area contributed by atoms with Crippen molar-refractivity contribution in [1.82, 2.24) is 0 Å². The van der Waals surface area contributed by atoms with Crippen molar-refractivity contribution in [1.29, 1.82) is 0 Å². The van der Waals surface area contributed by atoms with Gasteiger partial charge in [-0.15, -0.1) is 0 Å². The molecule has 0 aliphatic carbocycles. The zero-order valence-electron chi connectivity index (χ0n) is 39.5. The van der Waals surface area contributed by atoms with Crippen molar-refractivity contribution in [3.63, 3.8) is 0 Å². The Morgan fingerprint density at radius 3 is 1.99 bits per heavy atom. The van der Waals surface area contributed by atoms with Crippen molar-refractivity contribution in [3.05, 3.63) is 124 Å². The first-order valence-electron chi connectivity index (χ1n) is 23.1. The molecule has 0 spiro atoms. The number of nitrogens with one attached hydrogen (secondary N) is 1. The van der Waals surface area contributed by atoms with Crippen molar-refractivity contribution >= 4 is 65.0 Å². The van der Waals surface area contributed by atoms with E-state index in [-0.39, 0.29) is 56.2 Å². The molecule has 5 aromatic rings. The van der Waals surface area contributed by atoms with Crippen LogP contribution in [0.25, 0.3) is 0 Å². The van der Waals surface area contributed by atoms with Gasteiger partial charge in [0.2, 0.25) is 5.91 Å². The summed E-state index contributed by atoms with van der Waals surface area (Å²) in [7, 11) is 4.70. The molecule has 9 rings (SSSR count). The number of anilines is 4. The highest BCUT2D eigenvalue weighted by Crippen LogP contribution is 2.43. The molecule has 0 aromatic heterocycles. The summed E-state index contributed by atoms with van der Waals surface area (Å²) in [5.41, 5.74) is 8.05. The lowest BCUT2D eigenvalue weighted by molar-refractivity contribution is -0.120. The van der Waals surface area contributed by atoms with Crippen LogP contribution in [0, 0.1) is 0 Å². The summed E-state index contributed by atoms with van der Waals surface area (Å²) in [4.78, 5) is 52.5. The number of carbonyl (C=O) groups is 3. The Morgan fingerprint density at radius 1 is 0.725 bits per heavy atom. The molecule has 2 atom stereocenters. The molecule has 360 valence electrons. The maximum Gasteiger partial charge on any atom is 0.261 e. The second-order valence-electron chi connectivity index (χ2n) is 17.8. The van der Waals surface area contributed by atoms with E-state index in [1.165, 1.54) is 7.11 Å². The lowest BCUT2D eigenvalue weighted by Crippen LogP contribution is -2.44. The van der Waals surface area contributed by atoms with Crippen LogP contribution < -0.4 is 39.0 Å². The third kappa shape index (κ3) is 9.97. The molecule has 0 fully saturated rings. The Morgan fingerprint density at radius 2 is 1.32 bits per heavy atom. The topological polar surface area (TPSA) is 150 Å². The van der Waals surface area contributed by atoms with E-state index in [0.29, 0.717) is 96.1 Å². The van der Waals surface area contributed by atoms with Gasteiger partial charge in [-0.25, -0.2) is 0 Å². The number of ether oxygens (including phenoxy) is 7. The van der Waals surface area contributed by atoms with Crippen LogP contribution in [-0.4, -0.2) is 108 Å². The van der Waals surface area contributed by atoms with Gasteiger partial charge >= 0.3 is 0 Å². The molecular weight excluding hydrogens is 899 g/mol. The number of nitrogens with zero attached hydrogens (tertiary/aromatic N) is 4. The van der Waals surface area contributed by atoms with E-state index in [9.17, 15) is 14.4 Å². The van der Waals surface area contributed by atoms with Crippen molar-refractivity contribution in [3.8, 4) is 23.0 Å². The molecule has 4 aliphatic heterocycles. The fourth-order valence-electron chi connectivity index (χ4n) is 9.29. The normalized spacial score (nSPS) is 16.6. The zero-order chi connectivity index (χ0) is 48.2. The SMILES string of the molecule is COCCOCCOCCN(C(=O)C(C)(C)S)c1cc(COc2cc3c(cc2OC)C(=O)N2c4ccccc4C[C@H]2C=N3)cc(COc2cc3c(cc2OC)C(=O)N2c4ccccc4C[C@H]2CN3)c1. The van der Waals surface area contributed by atoms with E-state index in [2.05, 4.69) is 24.0 Å². The Labute approximate surface area is 407 Å². The molecule has 0 saturated heterocycles. The van der Waals surface area contributed by atoms with Gasteiger partial charge in [0.05, 0.1) is 86.6 Å². The molecule has 0 radical (unpaired) electrons. The van der Waals surface area contributed by atoms with Crippen molar-refractivity contribution in [2.24, 2.45) is 4.99 Å². The van der Waals surface area contributed by atoms with Crippen LogP contribution in [0.1, 0.15) is 56.8 Å². The van der Waals surface area contributed by atoms with Gasteiger partial charge in [0.25, 0.3) is 11.8 Å². The predicted molar refractivity (Wildman–Crippen MR) is 268 cm³/mol. The number of thiol groups is 1. The first-order chi connectivity index (χ1) is 33.4. The highest BCUT2D eigenvalue weighted by atomic mass is 32.1. The van der Waals surface area contributed by atoms with Gasteiger partial charge in [-0.1, -0.05) is 36.4 Å². The minimum atomic E-state index is -1.03. The number of fused-ring (bicyclic) bond motifs is 8. The van der Waals surface area contributed by atoms with Gasteiger partial charge in [0.1, 0.15) is 13.2 Å². The van der Waals surface area contributed by atoms with Crippen molar-refractivity contribution < 1.29 is 47.5 Å². The van der Waals surface area contributed by atoms with Crippen LogP contribution in [-0.2, 0) is 45.1 Å². The summed E-state index contributed by atoms with van der Waals surface area (Å²) < 4.78 is 40.2. The Bertz CT molecular complexity index is 2780. The monoisotopic (exact) mass is 955 g/mol. The number of carbonyl (C=O) groups excluding carboxylic acids is 3. The minimum absolute atomic E-state index is 0.0366. The van der Waals surface area contributed by atoms with Gasteiger partial charge in [-0.2, -0.15) is 12.6 Å². The van der Waals surface area contributed by atoms with Crippen molar-refractivity contribution in [2.75, 3.05) is 87.5 Å². The Hall–Kier alpha value is -6.59. The third-order valence-corrected chi connectivity index (χ3v) is 12.8. The largest absolute Gasteiger partial charge is 0.493 e. The molecule has 1 N–H and O–H groups in total. The number of hydrogen-bond donors (Lipinski definition) is 2. The number of aliphatic imine (C=N–C) groups is 1. The molecule has 15 nitrogen and oxygen atoms in total. The molecule has 3 amide bonds. The van der Waals surface area contributed by atoms with Crippen LogP contribution in [0.15, 0.2) is 96.0 Å². The van der Waals surface area contributed by atoms with Crippen LogP contribution >= 0.6 is 12.6 Å². The second kappa shape index (κ2) is 20.6. The van der Waals surface area contributed by atoms with Gasteiger partial charge < -0.3 is 48.3 Å². The minimum Gasteiger partial charge on any atom is -0.493 e. The number of rotatable bonds is 19. The molecule has 0 bridgehead atoms. The quantitative estimate of drug-likeness (QED) is 0.0616. The van der Waals surface area contributed by atoms with Gasteiger partial charge in [0.15, 0.2) is 23.0 Å². The zero-order valence-corrected chi connectivity index (χ0v) is 40.4. The average molecular weight is 956 g/mol. The summed E-state index contributed by atoms with van der Waals surface area (Å²) in [6.45, 7) is 6.28. The summed E-state index contributed by atoms with van der Waals surface area (Å²) in [5.74, 6) is 1.07. The Balaban J connectivity index is 1.00. The molecule has 5 aromatic carbocycles. The summed E-state index contributed by atoms with van der Waals surface area (Å²) in [6, 6.07) is 28.3. The fourth-order valence-corrected chi connectivity index (χ4v) is 9.41. The number of hydrogen-bond acceptors (Lipinski definition) is 13. The van der Waals surface area contributed by atoms with Gasteiger partial charge in [-0.3, -0.25) is 24.3 Å². The van der Waals surface area contributed by atoms with Gasteiger partial charge in [-0.05, 0) is 85.0 Å². The molecule has 4 aliphatic rings. The summed E-state index contributed by atoms with van der Waals surface area (Å²) in [5, 5.41) is 3.50. The molecule has 16 heteroatoms. The highest BCUT2D eigenvalue weighted by Gasteiger charge is 2.39. The van der Waals surface area contributed by atoms with Crippen LogP contribution in [0.4, 0.5) is 28.4 Å². The van der Waals surface area contributed by atoms with Crippen LogP contribution in [0.2, 0.25) is 0 Å². The molecule has 0 unspecified atom stereocenters. The van der Waals surface area contributed by atoms with Crippen molar-refractivity contribution in [2.45, 2.75) is 56.7 Å². The van der Waals surface area contributed by atoms with E-state index in [0.717, 1.165) is 34.5 Å². The molecule has 0 saturated carbocycles.